The van der Waals surface area contributed by atoms with Gasteiger partial charge in [-0.3, -0.25) is 9.59 Å². The van der Waals surface area contributed by atoms with Crippen molar-refractivity contribution in [3.63, 3.8) is 0 Å². The first-order chi connectivity index (χ1) is 13.4. The van der Waals surface area contributed by atoms with Crippen LogP contribution in [0.15, 0.2) is 48.5 Å². The number of esters is 1. The Morgan fingerprint density at radius 2 is 1.71 bits per heavy atom. The number of alkyl carbamates (subject to hydrolysis) is 1. The number of methoxy groups -OCH3 is 1. The molecule has 2 aromatic carbocycles. The molecule has 0 aromatic heterocycles. The highest BCUT2D eigenvalue weighted by Crippen LogP contribution is 2.19. The van der Waals surface area contributed by atoms with Crippen molar-refractivity contribution in [1.82, 2.24) is 5.32 Å². The zero-order chi connectivity index (χ0) is 20.5. The summed E-state index contributed by atoms with van der Waals surface area (Å²) in [5.74, 6) is -1.51. The average molecular weight is 384 g/mol. The van der Waals surface area contributed by atoms with Crippen LogP contribution in [-0.2, 0) is 20.9 Å². The lowest BCUT2D eigenvalue weighted by atomic mass is 10.0. The summed E-state index contributed by atoms with van der Waals surface area (Å²) in [5, 5.41) is 4.87. The molecule has 28 heavy (non-hydrogen) atoms. The Morgan fingerprint density at radius 3 is 2.36 bits per heavy atom. The Morgan fingerprint density at radius 1 is 1.00 bits per heavy atom. The number of carbonyl (C=O) groups is 4. The van der Waals surface area contributed by atoms with Gasteiger partial charge in [0.1, 0.15) is 6.61 Å². The molecule has 2 rings (SSSR count). The summed E-state index contributed by atoms with van der Waals surface area (Å²) in [5.41, 5.74) is 1.25. The van der Waals surface area contributed by atoms with E-state index in [0.717, 1.165) is 5.56 Å². The van der Waals surface area contributed by atoms with Crippen LogP contribution in [0.3, 0.4) is 0 Å². The summed E-state index contributed by atoms with van der Waals surface area (Å²) in [7, 11) is 1.22. The smallest absolute Gasteiger partial charge is 0.407 e. The third-order valence-corrected chi connectivity index (χ3v) is 3.66. The second-order valence-electron chi connectivity index (χ2n) is 5.77. The number of nitrogens with one attached hydrogen (secondary N) is 2. The summed E-state index contributed by atoms with van der Waals surface area (Å²) in [6.07, 6.45) is -0.762. The van der Waals surface area contributed by atoms with Gasteiger partial charge in [-0.2, -0.15) is 0 Å². The normalized spacial score (nSPS) is 9.93. The molecule has 0 aliphatic heterocycles. The van der Waals surface area contributed by atoms with E-state index in [2.05, 4.69) is 15.4 Å². The van der Waals surface area contributed by atoms with Crippen molar-refractivity contribution >= 4 is 29.4 Å². The standard InChI is InChI=1S/C20H20N2O6/c1-13(23)22-17-9-8-15(19(25)27-2)10-16(17)18(24)11-21-20(26)28-12-14-6-4-3-5-7-14/h3-10H,11-12H2,1-2H3,(H,21,26)(H,22,23). The average Bonchev–Trinajstić information content (AvgIpc) is 2.70. The molecule has 0 aliphatic carbocycles. The number of amides is 2. The predicted molar refractivity (Wildman–Crippen MR) is 101 cm³/mol. The zero-order valence-corrected chi connectivity index (χ0v) is 15.5. The van der Waals surface area contributed by atoms with Crippen LogP contribution in [-0.4, -0.2) is 37.4 Å². The van der Waals surface area contributed by atoms with Crippen LogP contribution in [0, 0.1) is 0 Å². The molecule has 0 bridgehead atoms. The van der Waals surface area contributed by atoms with Crippen LogP contribution in [0.25, 0.3) is 0 Å². The van der Waals surface area contributed by atoms with Crippen molar-refractivity contribution in [2.24, 2.45) is 0 Å². The number of hydrogen-bond acceptors (Lipinski definition) is 6. The minimum atomic E-state index is -0.762. The SMILES string of the molecule is COC(=O)c1ccc(NC(C)=O)c(C(=O)CNC(=O)OCc2ccccc2)c1. The van der Waals surface area contributed by atoms with E-state index in [1.165, 1.54) is 32.2 Å². The molecule has 0 atom stereocenters. The van der Waals surface area contributed by atoms with Crippen LogP contribution in [0.5, 0.6) is 0 Å². The maximum atomic E-state index is 12.5. The largest absolute Gasteiger partial charge is 0.465 e. The number of ketones is 1. The lowest BCUT2D eigenvalue weighted by Crippen LogP contribution is -2.30. The predicted octanol–water partition coefficient (Wildman–Crippen LogP) is 2.54. The number of benzene rings is 2. The van der Waals surface area contributed by atoms with Gasteiger partial charge in [-0.05, 0) is 23.8 Å². The Hall–Kier alpha value is -3.68. The third kappa shape index (κ3) is 5.94. The van der Waals surface area contributed by atoms with Gasteiger partial charge in [-0.1, -0.05) is 30.3 Å². The monoisotopic (exact) mass is 384 g/mol. The summed E-state index contributed by atoms with van der Waals surface area (Å²) < 4.78 is 9.68. The number of Topliss-reactive ketones (excluding diaryl/α,β-unsaturated/α-hetero) is 1. The van der Waals surface area contributed by atoms with E-state index in [1.807, 2.05) is 18.2 Å². The molecule has 0 fully saturated rings. The maximum absolute atomic E-state index is 12.5. The van der Waals surface area contributed by atoms with Gasteiger partial charge in [-0.25, -0.2) is 9.59 Å². The molecule has 146 valence electrons. The maximum Gasteiger partial charge on any atom is 0.407 e. The van der Waals surface area contributed by atoms with Gasteiger partial charge in [0.2, 0.25) is 5.91 Å². The molecule has 0 heterocycles. The van der Waals surface area contributed by atoms with Crippen LogP contribution in [0.1, 0.15) is 33.2 Å². The van der Waals surface area contributed by atoms with Crippen LogP contribution in [0.4, 0.5) is 10.5 Å². The second-order valence-corrected chi connectivity index (χ2v) is 5.77. The summed E-state index contributed by atoms with van der Waals surface area (Å²) in [4.78, 5) is 47.4. The van der Waals surface area contributed by atoms with Crippen LogP contribution in [0.2, 0.25) is 0 Å². The van der Waals surface area contributed by atoms with E-state index >= 15 is 0 Å². The molecule has 8 heteroatoms. The molecular formula is C20H20N2O6. The lowest BCUT2D eigenvalue weighted by molar-refractivity contribution is -0.114. The zero-order valence-electron chi connectivity index (χ0n) is 15.5. The fourth-order valence-corrected chi connectivity index (χ4v) is 2.34. The van der Waals surface area contributed by atoms with Gasteiger partial charge >= 0.3 is 12.1 Å². The van der Waals surface area contributed by atoms with Crippen molar-refractivity contribution in [3.8, 4) is 0 Å². The second kappa shape index (κ2) is 9.86. The molecule has 0 saturated carbocycles. The molecule has 0 saturated heterocycles. The fourth-order valence-electron chi connectivity index (χ4n) is 2.34. The first-order valence-electron chi connectivity index (χ1n) is 8.38. The first-order valence-corrected chi connectivity index (χ1v) is 8.38. The molecule has 2 aromatic rings. The molecule has 0 radical (unpaired) electrons. The number of rotatable bonds is 7. The fraction of sp³-hybridized carbons (Fsp3) is 0.200. The molecular weight excluding hydrogens is 364 g/mol. The van der Waals surface area contributed by atoms with Gasteiger partial charge in [0, 0.05) is 12.5 Å². The van der Waals surface area contributed by atoms with Gasteiger partial charge in [0.25, 0.3) is 0 Å². The lowest BCUT2D eigenvalue weighted by Gasteiger charge is -2.12. The van der Waals surface area contributed by atoms with Crippen LogP contribution >= 0.6 is 0 Å². The van der Waals surface area contributed by atoms with Gasteiger partial charge in [0.05, 0.1) is 24.9 Å². The van der Waals surface area contributed by atoms with Crippen molar-refractivity contribution in [2.75, 3.05) is 19.0 Å². The summed E-state index contributed by atoms with van der Waals surface area (Å²) in [6, 6.07) is 13.2. The van der Waals surface area contributed by atoms with E-state index in [0.29, 0.717) is 0 Å². The molecule has 8 nitrogen and oxygen atoms in total. The van der Waals surface area contributed by atoms with E-state index in [1.54, 1.807) is 12.1 Å². The van der Waals surface area contributed by atoms with Gasteiger partial charge in [0.15, 0.2) is 5.78 Å². The highest BCUT2D eigenvalue weighted by Gasteiger charge is 2.17. The minimum Gasteiger partial charge on any atom is -0.465 e. The van der Waals surface area contributed by atoms with E-state index in [4.69, 9.17) is 4.74 Å². The number of ether oxygens (including phenoxy) is 2. The van der Waals surface area contributed by atoms with E-state index in [-0.39, 0.29) is 35.9 Å². The highest BCUT2D eigenvalue weighted by molar-refractivity contribution is 6.07. The number of carbonyl (C=O) groups excluding carboxylic acids is 4. The first kappa shape index (κ1) is 20.6. The Balaban J connectivity index is 2.03. The van der Waals surface area contributed by atoms with Crippen molar-refractivity contribution in [2.45, 2.75) is 13.5 Å². The van der Waals surface area contributed by atoms with Gasteiger partial charge in [-0.15, -0.1) is 0 Å². The molecule has 0 unspecified atom stereocenters. The van der Waals surface area contributed by atoms with Crippen molar-refractivity contribution in [1.29, 1.82) is 0 Å². The van der Waals surface area contributed by atoms with E-state index in [9.17, 15) is 19.2 Å². The van der Waals surface area contributed by atoms with Crippen molar-refractivity contribution in [3.05, 3.63) is 65.2 Å². The minimum absolute atomic E-state index is 0.0653. The third-order valence-electron chi connectivity index (χ3n) is 3.66. The van der Waals surface area contributed by atoms with Crippen LogP contribution < -0.4 is 10.6 Å². The quantitative estimate of drug-likeness (QED) is 0.561. The Bertz CT molecular complexity index is 880. The Labute approximate surface area is 161 Å². The highest BCUT2D eigenvalue weighted by atomic mass is 16.5. The number of hydrogen-bond donors (Lipinski definition) is 2. The molecule has 0 spiro atoms. The molecule has 2 N–H and O–H groups in total. The van der Waals surface area contributed by atoms with Gasteiger partial charge < -0.3 is 20.1 Å². The van der Waals surface area contributed by atoms with Crippen molar-refractivity contribution < 1.29 is 28.7 Å². The Kier molecular flexibility index (Phi) is 7.27. The summed E-state index contributed by atoms with van der Waals surface area (Å²) >= 11 is 0. The van der Waals surface area contributed by atoms with E-state index < -0.39 is 17.8 Å². The summed E-state index contributed by atoms with van der Waals surface area (Å²) in [6.45, 7) is 0.988. The number of anilines is 1. The molecule has 2 amide bonds. The molecule has 0 aliphatic rings. The topological polar surface area (TPSA) is 111 Å².